The van der Waals surface area contributed by atoms with Crippen molar-refractivity contribution in [3.05, 3.63) is 79.5 Å². The van der Waals surface area contributed by atoms with Gasteiger partial charge in [0, 0.05) is 28.2 Å². The summed E-state index contributed by atoms with van der Waals surface area (Å²) < 4.78 is 19.5. The molecular weight excluding hydrogens is 406 g/mol. The molecular formula is C20H19Cl2FN2OS. The number of benzene rings is 2. The summed E-state index contributed by atoms with van der Waals surface area (Å²) in [6.45, 7) is 4.76. The molecule has 0 saturated carbocycles. The van der Waals surface area contributed by atoms with Crippen molar-refractivity contribution in [3.63, 3.8) is 0 Å². The van der Waals surface area contributed by atoms with Crippen molar-refractivity contribution in [1.82, 2.24) is 10.3 Å². The van der Waals surface area contributed by atoms with Gasteiger partial charge < -0.3 is 10.1 Å². The van der Waals surface area contributed by atoms with Gasteiger partial charge in [-0.15, -0.1) is 11.3 Å². The van der Waals surface area contributed by atoms with Gasteiger partial charge in [0.25, 0.3) is 0 Å². The van der Waals surface area contributed by atoms with E-state index in [-0.39, 0.29) is 18.5 Å². The number of thiazole rings is 1. The second-order valence-corrected chi connectivity index (χ2v) is 8.23. The molecule has 142 valence electrons. The summed E-state index contributed by atoms with van der Waals surface area (Å²) in [6, 6.07) is 10.1. The SMILES string of the molecule is Cc1cnc(C(C)NCc2ccc(OCc3c(F)cccc3Cl)cc2Cl)s1. The molecule has 1 unspecified atom stereocenters. The molecule has 3 rings (SSSR count). The van der Waals surface area contributed by atoms with Crippen LogP contribution >= 0.6 is 34.5 Å². The number of hydrogen-bond acceptors (Lipinski definition) is 4. The van der Waals surface area contributed by atoms with E-state index in [0.717, 1.165) is 10.6 Å². The lowest BCUT2D eigenvalue weighted by molar-refractivity contribution is 0.300. The molecule has 2 aromatic carbocycles. The van der Waals surface area contributed by atoms with Crippen LogP contribution in [0.25, 0.3) is 0 Å². The minimum Gasteiger partial charge on any atom is -0.489 e. The van der Waals surface area contributed by atoms with Crippen LogP contribution in [-0.4, -0.2) is 4.98 Å². The van der Waals surface area contributed by atoms with Crippen LogP contribution in [0.1, 0.15) is 34.0 Å². The van der Waals surface area contributed by atoms with E-state index in [9.17, 15) is 4.39 Å². The highest BCUT2D eigenvalue weighted by Crippen LogP contribution is 2.26. The normalized spacial score (nSPS) is 12.2. The first-order valence-corrected chi connectivity index (χ1v) is 10.0. The van der Waals surface area contributed by atoms with Crippen molar-refractivity contribution in [3.8, 4) is 5.75 Å². The largest absolute Gasteiger partial charge is 0.489 e. The van der Waals surface area contributed by atoms with Crippen LogP contribution in [0.5, 0.6) is 5.75 Å². The van der Waals surface area contributed by atoms with Gasteiger partial charge in [-0.25, -0.2) is 9.37 Å². The maximum Gasteiger partial charge on any atom is 0.131 e. The molecule has 1 atom stereocenters. The van der Waals surface area contributed by atoms with E-state index >= 15 is 0 Å². The predicted octanol–water partition coefficient (Wildman–Crippen LogP) is 6.33. The lowest BCUT2D eigenvalue weighted by atomic mass is 10.2. The van der Waals surface area contributed by atoms with Crippen LogP contribution in [-0.2, 0) is 13.2 Å². The Bertz CT molecular complexity index is 912. The summed E-state index contributed by atoms with van der Waals surface area (Å²) >= 11 is 14.1. The van der Waals surface area contributed by atoms with E-state index in [2.05, 4.69) is 17.2 Å². The molecule has 0 aliphatic carbocycles. The molecule has 3 aromatic rings. The molecule has 1 aromatic heterocycles. The zero-order chi connectivity index (χ0) is 19.4. The van der Waals surface area contributed by atoms with Crippen LogP contribution in [0.3, 0.4) is 0 Å². The summed E-state index contributed by atoms with van der Waals surface area (Å²) in [6.07, 6.45) is 1.87. The molecule has 1 heterocycles. The quantitative estimate of drug-likeness (QED) is 0.481. The van der Waals surface area contributed by atoms with E-state index in [0.29, 0.717) is 27.9 Å². The first-order chi connectivity index (χ1) is 12.9. The standard InChI is InChI=1S/C20H19Cl2FN2OS/c1-12-9-25-20(27-12)13(2)24-10-14-6-7-15(8-18(14)22)26-11-16-17(21)4-3-5-19(16)23/h3-9,13,24H,10-11H2,1-2H3. The third-order valence-electron chi connectivity index (χ3n) is 4.08. The number of rotatable bonds is 7. The van der Waals surface area contributed by atoms with Crippen molar-refractivity contribution in [2.75, 3.05) is 0 Å². The number of ether oxygens (including phenoxy) is 1. The first-order valence-electron chi connectivity index (χ1n) is 8.44. The zero-order valence-electron chi connectivity index (χ0n) is 14.9. The summed E-state index contributed by atoms with van der Waals surface area (Å²) in [7, 11) is 0. The fourth-order valence-corrected chi connectivity index (χ4v) is 3.77. The van der Waals surface area contributed by atoms with Crippen LogP contribution in [0, 0.1) is 12.7 Å². The molecule has 0 saturated heterocycles. The number of hydrogen-bond donors (Lipinski definition) is 1. The average molecular weight is 425 g/mol. The first kappa shape index (κ1) is 20.1. The van der Waals surface area contributed by atoms with Crippen molar-refractivity contribution < 1.29 is 9.13 Å². The fourth-order valence-electron chi connectivity index (χ4n) is 2.51. The third kappa shape index (κ3) is 5.20. The highest BCUT2D eigenvalue weighted by atomic mass is 35.5. The van der Waals surface area contributed by atoms with Crippen LogP contribution in [0.2, 0.25) is 10.0 Å². The maximum atomic E-state index is 13.8. The van der Waals surface area contributed by atoms with E-state index in [4.69, 9.17) is 27.9 Å². The Labute approximate surface area is 172 Å². The molecule has 1 N–H and O–H groups in total. The summed E-state index contributed by atoms with van der Waals surface area (Å²) in [5, 5.41) is 5.39. The van der Waals surface area contributed by atoms with Gasteiger partial charge in [0.15, 0.2) is 0 Å². The zero-order valence-corrected chi connectivity index (χ0v) is 17.3. The molecule has 0 aliphatic rings. The van der Waals surface area contributed by atoms with E-state index < -0.39 is 0 Å². The van der Waals surface area contributed by atoms with Gasteiger partial charge in [-0.05, 0) is 43.7 Å². The molecule has 0 aliphatic heterocycles. The Morgan fingerprint density at radius 3 is 2.70 bits per heavy atom. The average Bonchev–Trinajstić information content (AvgIpc) is 3.07. The Hall–Kier alpha value is -1.66. The van der Waals surface area contributed by atoms with Crippen molar-refractivity contribution in [2.24, 2.45) is 0 Å². The molecule has 0 spiro atoms. The van der Waals surface area contributed by atoms with Gasteiger partial charge in [0.2, 0.25) is 0 Å². The summed E-state index contributed by atoms with van der Waals surface area (Å²) in [5.74, 6) is 0.174. The summed E-state index contributed by atoms with van der Waals surface area (Å²) in [4.78, 5) is 5.58. The lowest BCUT2D eigenvalue weighted by Gasteiger charge is -2.13. The molecule has 3 nitrogen and oxygen atoms in total. The smallest absolute Gasteiger partial charge is 0.131 e. The number of halogens is 3. The molecule has 0 amide bonds. The number of aromatic nitrogens is 1. The van der Waals surface area contributed by atoms with E-state index in [1.807, 2.05) is 25.3 Å². The highest BCUT2D eigenvalue weighted by molar-refractivity contribution is 7.11. The Balaban J connectivity index is 1.60. The number of nitrogens with one attached hydrogen (secondary N) is 1. The third-order valence-corrected chi connectivity index (χ3v) is 5.88. The number of nitrogens with zero attached hydrogens (tertiary/aromatic N) is 1. The monoisotopic (exact) mass is 424 g/mol. The van der Waals surface area contributed by atoms with Crippen LogP contribution in [0.15, 0.2) is 42.6 Å². The van der Waals surface area contributed by atoms with Gasteiger partial charge >= 0.3 is 0 Å². The second kappa shape index (κ2) is 9.02. The molecule has 0 bridgehead atoms. The molecule has 7 heteroatoms. The minimum atomic E-state index is -0.388. The molecule has 0 fully saturated rings. The number of aryl methyl sites for hydroxylation is 1. The van der Waals surface area contributed by atoms with Crippen molar-refractivity contribution in [1.29, 1.82) is 0 Å². The molecule has 0 radical (unpaired) electrons. The van der Waals surface area contributed by atoms with Crippen LogP contribution in [0.4, 0.5) is 4.39 Å². The maximum absolute atomic E-state index is 13.8. The van der Waals surface area contributed by atoms with E-state index in [1.54, 1.807) is 29.5 Å². The lowest BCUT2D eigenvalue weighted by Crippen LogP contribution is -2.18. The van der Waals surface area contributed by atoms with Gasteiger partial charge in [-0.3, -0.25) is 0 Å². The van der Waals surface area contributed by atoms with Crippen LogP contribution < -0.4 is 10.1 Å². The van der Waals surface area contributed by atoms with E-state index in [1.165, 1.54) is 10.9 Å². The highest BCUT2D eigenvalue weighted by Gasteiger charge is 2.11. The minimum absolute atomic E-state index is 0.0415. The van der Waals surface area contributed by atoms with Gasteiger partial charge in [-0.2, -0.15) is 0 Å². The fraction of sp³-hybridized carbons (Fsp3) is 0.250. The van der Waals surface area contributed by atoms with Crippen molar-refractivity contribution >= 4 is 34.5 Å². The Morgan fingerprint density at radius 1 is 1.22 bits per heavy atom. The van der Waals surface area contributed by atoms with Gasteiger partial charge in [-0.1, -0.05) is 35.3 Å². The summed E-state index contributed by atoms with van der Waals surface area (Å²) in [5.41, 5.74) is 1.28. The topological polar surface area (TPSA) is 34.2 Å². The second-order valence-electron chi connectivity index (χ2n) is 6.15. The Morgan fingerprint density at radius 2 is 2.04 bits per heavy atom. The van der Waals surface area contributed by atoms with Gasteiger partial charge in [0.05, 0.1) is 11.1 Å². The predicted molar refractivity (Wildman–Crippen MR) is 109 cm³/mol. The van der Waals surface area contributed by atoms with Crippen molar-refractivity contribution in [2.45, 2.75) is 33.0 Å². The van der Waals surface area contributed by atoms with Gasteiger partial charge in [0.1, 0.15) is 23.2 Å². The molecule has 27 heavy (non-hydrogen) atoms. The Kier molecular flexibility index (Phi) is 6.71.